The number of carbonyl (C=O) groups is 1. The maximum atomic E-state index is 12.3. The topological polar surface area (TPSA) is 72.7 Å². The van der Waals surface area contributed by atoms with E-state index in [2.05, 4.69) is 33.0 Å². The summed E-state index contributed by atoms with van der Waals surface area (Å²) in [6.45, 7) is 0.663. The summed E-state index contributed by atoms with van der Waals surface area (Å²) < 4.78 is 1.58. The van der Waals surface area contributed by atoms with Crippen molar-refractivity contribution in [3.05, 3.63) is 71.0 Å². The van der Waals surface area contributed by atoms with Gasteiger partial charge in [0.15, 0.2) is 0 Å². The van der Waals surface area contributed by atoms with Crippen LogP contribution in [0, 0.1) is 0 Å². The highest BCUT2D eigenvalue weighted by Crippen LogP contribution is 2.47. The molecule has 26 heavy (non-hydrogen) atoms. The van der Waals surface area contributed by atoms with Crippen LogP contribution in [0.4, 0.5) is 0 Å². The highest BCUT2D eigenvalue weighted by atomic mass is 35.5. The second-order valence-corrected chi connectivity index (χ2v) is 7.10. The van der Waals surface area contributed by atoms with Crippen molar-refractivity contribution in [2.24, 2.45) is 0 Å². The number of nitrogens with zero attached hydrogens (tertiary/aromatic N) is 4. The van der Waals surface area contributed by atoms with Crippen molar-refractivity contribution in [2.45, 2.75) is 24.7 Å². The van der Waals surface area contributed by atoms with Gasteiger partial charge in [-0.25, -0.2) is 4.68 Å². The number of carbonyl (C=O) groups excluding carboxylic acids is 1. The largest absolute Gasteiger partial charge is 0.355 e. The lowest BCUT2D eigenvalue weighted by molar-refractivity contribution is -0.120. The number of hydrogen-bond donors (Lipinski definition) is 1. The number of rotatable bonds is 6. The van der Waals surface area contributed by atoms with E-state index in [1.807, 2.05) is 36.4 Å². The molecule has 1 amide bonds. The Balaban J connectivity index is 1.33. The van der Waals surface area contributed by atoms with E-state index >= 15 is 0 Å². The van der Waals surface area contributed by atoms with Crippen LogP contribution in [0.1, 0.15) is 24.0 Å². The van der Waals surface area contributed by atoms with Crippen molar-refractivity contribution in [1.29, 1.82) is 0 Å². The molecule has 1 aliphatic carbocycles. The van der Waals surface area contributed by atoms with Gasteiger partial charge in [-0.1, -0.05) is 35.9 Å². The lowest BCUT2D eigenvalue weighted by Crippen LogP contribution is -2.33. The third-order valence-electron chi connectivity index (χ3n) is 4.85. The first-order valence-electron chi connectivity index (χ1n) is 8.50. The molecule has 1 saturated carbocycles. The SMILES string of the molecule is O=C(Cc1ccc(-n2cnnn2)cc1)NCC1(c2ccc(Cl)cc2)CC1. The molecule has 1 aromatic heterocycles. The summed E-state index contributed by atoms with van der Waals surface area (Å²) in [5.41, 5.74) is 3.13. The van der Waals surface area contributed by atoms with Crippen LogP contribution in [-0.2, 0) is 16.6 Å². The molecule has 1 aliphatic rings. The van der Waals surface area contributed by atoms with E-state index in [9.17, 15) is 4.79 Å². The number of aromatic nitrogens is 4. The molecule has 0 unspecified atom stereocenters. The Morgan fingerprint density at radius 2 is 1.85 bits per heavy atom. The third-order valence-corrected chi connectivity index (χ3v) is 5.10. The van der Waals surface area contributed by atoms with Gasteiger partial charge in [0.05, 0.1) is 12.1 Å². The van der Waals surface area contributed by atoms with Crippen molar-refractivity contribution in [1.82, 2.24) is 25.5 Å². The first kappa shape index (κ1) is 16.7. The van der Waals surface area contributed by atoms with Crippen LogP contribution >= 0.6 is 11.6 Å². The zero-order chi connectivity index (χ0) is 18.0. The highest BCUT2D eigenvalue weighted by molar-refractivity contribution is 6.30. The summed E-state index contributed by atoms with van der Waals surface area (Å²) in [5.74, 6) is 0.0282. The third kappa shape index (κ3) is 3.60. The molecule has 4 rings (SSSR count). The smallest absolute Gasteiger partial charge is 0.224 e. The number of benzene rings is 2. The molecular weight excluding hydrogens is 350 g/mol. The highest BCUT2D eigenvalue weighted by Gasteiger charge is 2.44. The Bertz CT molecular complexity index is 887. The fraction of sp³-hybridized carbons (Fsp3) is 0.263. The predicted molar refractivity (Wildman–Crippen MR) is 98.2 cm³/mol. The van der Waals surface area contributed by atoms with E-state index in [1.54, 1.807) is 4.68 Å². The molecule has 1 fully saturated rings. The normalized spacial score (nSPS) is 14.8. The summed E-state index contributed by atoms with van der Waals surface area (Å²) in [6.07, 6.45) is 4.07. The van der Waals surface area contributed by atoms with Crippen LogP contribution in [0.3, 0.4) is 0 Å². The average molecular weight is 368 g/mol. The van der Waals surface area contributed by atoms with Gasteiger partial charge in [0.25, 0.3) is 0 Å². The fourth-order valence-corrected chi connectivity index (χ4v) is 3.21. The van der Waals surface area contributed by atoms with E-state index in [0.717, 1.165) is 29.1 Å². The van der Waals surface area contributed by atoms with Crippen LogP contribution in [0.15, 0.2) is 54.9 Å². The minimum absolute atomic E-state index is 0.0282. The molecule has 0 radical (unpaired) electrons. The summed E-state index contributed by atoms with van der Waals surface area (Å²) >= 11 is 5.96. The summed E-state index contributed by atoms with van der Waals surface area (Å²) in [6, 6.07) is 15.6. The van der Waals surface area contributed by atoms with E-state index in [-0.39, 0.29) is 11.3 Å². The molecular formula is C19H18ClN5O. The Morgan fingerprint density at radius 3 is 2.46 bits per heavy atom. The van der Waals surface area contributed by atoms with Gasteiger partial charge in [0.2, 0.25) is 5.91 Å². The molecule has 1 N–H and O–H groups in total. The summed E-state index contributed by atoms with van der Waals surface area (Å²) in [7, 11) is 0. The molecule has 3 aromatic rings. The van der Waals surface area contributed by atoms with Crippen LogP contribution in [-0.4, -0.2) is 32.7 Å². The van der Waals surface area contributed by atoms with Gasteiger partial charge >= 0.3 is 0 Å². The zero-order valence-electron chi connectivity index (χ0n) is 14.1. The molecule has 1 heterocycles. The standard InChI is InChI=1S/C19H18ClN5O/c20-16-5-3-15(4-6-16)19(9-10-19)12-21-18(26)11-14-1-7-17(8-2-14)25-13-22-23-24-25/h1-8,13H,9-12H2,(H,21,26). The minimum atomic E-state index is 0.0282. The average Bonchev–Trinajstić information content (AvgIpc) is 3.24. The van der Waals surface area contributed by atoms with Gasteiger partial charge in [-0.15, -0.1) is 5.10 Å². The van der Waals surface area contributed by atoms with E-state index < -0.39 is 0 Å². The van der Waals surface area contributed by atoms with Crippen LogP contribution < -0.4 is 5.32 Å². The van der Waals surface area contributed by atoms with Crippen LogP contribution in [0.25, 0.3) is 5.69 Å². The zero-order valence-corrected chi connectivity index (χ0v) is 14.9. The van der Waals surface area contributed by atoms with Crippen LogP contribution in [0.2, 0.25) is 5.02 Å². The van der Waals surface area contributed by atoms with Crippen molar-refractivity contribution < 1.29 is 4.79 Å². The van der Waals surface area contributed by atoms with Gasteiger partial charge < -0.3 is 5.32 Å². The van der Waals surface area contributed by atoms with E-state index in [4.69, 9.17) is 11.6 Å². The first-order valence-corrected chi connectivity index (χ1v) is 8.88. The van der Waals surface area contributed by atoms with Gasteiger partial charge in [-0.3, -0.25) is 4.79 Å². The number of tetrazole rings is 1. The Hall–Kier alpha value is -2.73. The van der Waals surface area contributed by atoms with Gasteiger partial charge in [-0.2, -0.15) is 0 Å². The van der Waals surface area contributed by atoms with Crippen molar-refractivity contribution in [2.75, 3.05) is 6.54 Å². The molecule has 132 valence electrons. The predicted octanol–water partition coefficient (Wildman–Crippen LogP) is 2.71. The maximum Gasteiger partial charge on any atom is 0.224 e. The number of hydrogen-bond acceptors (Lipinski definition) is 4. The van der Waals surface area contributed by atoms with E-state index in [0.29, 0.717) is 13.0 Å². The quantitative estimate of drug-likeness (QED) is 0.727. The Morgan fingerprint density at radius 1 is 1.12 bits per heavy atom. The fourth-order valence-electron chi connectivity index (χ4n) is 3.08. The molecule has 0 aliphatic heterocycles. The number of halogens is 1. The molecule has 2 aromatic carbocycles. The summed E-state index contributed by atoms with van der Waals surface area (Å²) in [4.78, 5) is 12.3. The summed E-state index contributed by atoms with van der Waals surface area (Å²) in [5, 5.41) is 14.9. The monoisotopic (exact) mass is 367 g/mol. The minimum Gasteiger partial charge on any atom is -0.355 e. The lowest BCUT2D eigenvalue weighted by atomic mass is 9.96. The van der Waals surface area contributed by atoms with Crippen LogP contribution in [0.5, 0.6) is 0 Å². The first-order chi connectivity index (χ1) is 12.6. The van der Waals surface area contributed by atoms with Crippen molar-refractivity contribution >= 4 is 17.5 Å². The second-order valence-electron chi connectivity index (χ2n) is 6.66. The molecule has 0 saturated heterocycles. The molecule has 0 atom stereocenters. The lowest BCUT2D eigenvalue weighted by Gasteiger charge is -2.17. The van der Waals surface area contributed by atoms with Crippen molar-refractivity contribution in [3.63, 3.8) is 0 Å². The maximum absolute atomic E-state index is 12.3. The van der Waals surface area contributed by atoms with Gasteiger partial charge in [-0.05, 0) is 58.7 Å². The number of nitrogens with one attached hydrogen (secondary N) is 1. The molecule has 6 nitrogen and oxygen atoms in total. The molecule has 7 heteroatoms. The van der Waals surface area contributed by atoms with Crippen molar-refractivity contribution in [3.8, 4) is 5.69 Å². The number of amides is 1. The van der Waals surface area contributed by atoms with Gasteiger partial charge in [0, 0.05) is 17.0 Å². The Kier molecular flexibility index (Phi) is 4.42. The van der Waals surface area contributed by atoms with Gasteiger partial charge in [0.1, 0.15) is 6.33 Å². The molecule has 0 bridgehead atoms. The van der Waals surface area contributed by atoms with E-state index in [1.165, 1.54) is 11.9 Å². The molecule has 0 spiro atoms. The second kappa shape index (κ2) is 6.88. The Labute approximate surface area is 156 Å².